The van der Waals surface area contributed by atoms with Gasteiger partial charge in [0.25, 0.3) is 0 Å². The quantitative estimate of drug-likeness (QED) is 0.396. The fourth-order valence-electron chi connectivity index (χ4n) is 0.683. The van der Waals surface area contributed by atoms with E-state index < -0.39 is 18.2 Å². The van der Waals surface area contributed by atoms with Crippen molar-refractivity contribution in [3.63, 3.8) is 0 Å². The van der Waals surface area contributed by atoms with E-state index >= 15 is 0 Å². The molecule has 1 atom stereocenters. The number of rotatable bonds is 5. The van der Waals surface area contributed by atoms with Crippen molar-refractivity contribution in [2.24, 2.45) is 0 Å². The summed E-state index contributed by atoms with van der Waals surface area (Å²) >= 11 is 0. The molecule has 0 aliphatic carbocycles. The highest BCUT2D eigenvalue weighted by Crippen LogP contribution is 1.98. The maximum absolute atomic E-state index is 10.9. The number of aliphatic hydroxyl groups is 1. The first kappa shape index (κ1) is 12.6. The maximum Gasteiger partial charge on any atom is 0.333 e. The van der Waals surface area contributed by atoms with E-state index in [1.54, 1.807) is 0 Å². The van der Waals surface area contributed by atoms with Crippen molar-refractivity contribution in [2.45, 2.75) is 26.1 Å². The van der Waals surface area contributed by atoms with Gasteiger partial charge in [0.05, 0.1) is 7.11 Å². The predicted octanol–water partition coefficient (Wildman–Crippen LogP) is 0.377. The van der Waals surface area contributed by atoms with E-state index in [-0.39, 0.29) is 0 Å². The summed E-state index contributed by atoms with van der Waals surface area (Å²) in [6, 6.07) is 0. The highest BCUT2D eigenvalue weighted by molar-refractivity contribution is 5.91. The van der Waals surface area contributed by atoms with Crippen LogP contribution in [0.25, 0.3) is 0 Å². The lowest BCUT2D eigenvalue weighted by molar-refractivity contribution is -0.162. The van der Waals surface area contributed by atoms with Gasteiger partial charge < -0.3 is 14.6 Å². The van der Waals surface area contributed by atoms with Gasteiger partial charge in [0, 0.05) is 18.6 Å². The molecule has 1 N–H and O–H groups in total. The van der Waals surface area contributed by atoms with Crippen LogP contribution in [0.4, 0.5) is 0 Å². The zero-order chi connectivity index (χ0) is 11.0. The van der Waals surface area contributed by atoms with Gasteiger partial charge in [-0.05, 0) is 0 Å². The third-order valence-electron chi connectivity index (χ3n) is 1.34. The first-order valence-corrected chi connectivity index (χ1v) is 4.24. The second kappa shape index (κ2) is 7.08. The van der Waals surface area contributed by atoms with Crippen LogP contribution in [0.3, 0.4) is 0 Å². The predicted molar refractivity (Wildman–Crippen MR) is 48.2 cm³/mol. The highest BCUT2D eigenvalue weighted by Gasteiger charge is 2.07. The summed E-state index contributed by atoms with van der Waals surface area (Å²) in [4.78, 5) is 21.4. The molecule has 0 rings (SSSR count). The van der Waals surface area contributed by atoms with Crippen molar-refractivity contribution < 1.29 is 24.2 Å². The van der Waals surface area contributed by atoms with E-state index in [9.17, 15) is 9.59 Å². The smallest absolute Gasteiger partial charge is 0.333 e. The zero-order valence-electron chi connectivity index (χ0n) is 8.23. The summed E-state index contributed by atoms with van der Waals surface area (Å²) in [6.45, 7) is 1.85. The van der Waals surface area contributed by atoms with E-state index in [2.05, 4.69) is 9.47 Å². The average Bonchev–Trinajstić information content (AvgIpc) is 2.14. The lowest BCUT2D eigenvalue weighted by Crippen LogP contribution is -2.15. The van der Waals surface area contributed by atoms with E-state index in [1.165, 1.54) is 7.11 Å². The Morgan fingerprint density at radius 3 is 2.43 bits per heavy atom. The summed E-state index contributed by atoms with van der Waals surface area (Å²) in [6.07, 6.45) is 1.80. The minimum Gasteiger partial charge on any atom is -0.466 e. The molecule has 0 saturated carbocycles. The van der Waals surface area contributed by atoms with Gasteiger partial charge in [-0.2, -0.15) is 0 Å². The van der Waals surface area contributed by atoms with Crippen molar-refractivity contribution in [3.8, 4) is 0 Å². The van der Waals surface area contributed by atoms with Crippen molar-refractivity contribution in [1.82, 2.24) is 0 Å². The van der Waals surface area contributed by atoms with Crippen molar-refractivity contribution in [3.05, 3.63) is 12.2 Å². The number of carbonyl (C=O) groups excluding carboxylic acids is 2. The molecule has 0 aliphatic rings. The molecular weight excluding hydrogens is 188 g/mol. The molecule has 80 valence electrons. The zero-order valence-corrected chi connectivity index (χ0v) is 8.23. The molecule has 0 heterocycles. The summed E-state index contributed by atoms with van der Waals surface area (Å²) in [5.41, 5.74) is 0. The van der Waals surface area contributed by atoms with Gasteiger partial charge in [-0.3, -0.25) is 0 Å². The molecule has 0 aromatic rings. The van der Waals surface area contributed by atoms with Crippen LogP contribution < -0.4 is 0 Å². The highest BCUT2D eigenvalue weighted by atomic mass is 16.6. The Morgan fingerprint density at radius 1 is 1.36 bits per heavy atom. The molecule has 14 heavy (non-hydrogen) atoms. The van der Waals surface area contributed by atoms with Crippen molar-refractivity contribution >= 4 is 11.9 Å². The van der Waals surface area contributed by atoms with Crippen LogP contribution in [0.2, 0.25) is 0 Å². The average molecular weight is 202 g/mol. The van der Waals surface area contributed by atoms with Crippen LogP contribution in [0.15, 0.2) is 12.2 Å². The van der Waals surface area contributed by atoms with Gasteiger partial charge in [0.2, 0.25) is 6.29 Å². The molecule has 0 saturated heterocycles. The molecule has 0 bridgehead atoms. The molecule has 0 spiro atoms. The van der Waals surface area contributed by atoms with Crippen LogP contribution in [-0.4, -0.2) is 30.4 Å². The van der Waals surface area contributed by atoms with Gasteiger partial charge in [0.15, 0.2) is 0 Å². The van der Waals surface area contributed by atoms with E-state index in [1.807, 2.05) is 6.92 Å². The second-order valence-electron chi connectivity index (χ2n) is 2.54. The number of methoxy groups -OCH3 is 1. The largest absolute Gasteiger partial charge is 0.466 e. The minimum atomic E-state index is -1.12. The number of aliphatic hydroxyl groups excluding tert-OH is 1. The Labute approximate surface area is 82.3 Å². The molecule has 0 radical (unpaired) electrons. The summed E-state index contributed by atoms with van der Waals surface area (Å²) in [5, 5.41) is 9.05. The van der Waals surface area contributed by atoms with Gasteiger partial charge in [-0.15, -0.1) is 0 Å². The molecule has 0 aromatic carbocycles. The van der Waals surface area contributed by atoms with Gasteiger partial charge >= 0.3 is 11.9 Å². The van der Waals surface area contributed by atoms with Crippen molar-refractivity contribution in [1.29, 1.82) is 0 Å². The number of ether oxygens (including phenoxy) is 2. The van der Waals surface area contributed by atoms with Crippen LogP contribution in [0.1, 0.15) is 19.8 Å². The van der Waals surface area contributed by atoms with Crippen LogP contribution in [0.5, 0.6) is 0 Å². The van der Waals surface area contributed by atoms with Gasteiger partial charge in [-0.1, -0.05) is 13.3 Å². The maximum atomic E-state index is 10.9. The van der Waals surface area contributed by atoms with Crippen molar-refractivity contribution in [2.75, 3.05) is 7.11 Å². The number of carbonyl (C=O) groups is 2. The molecule has 0 aromatic heterocycles. The lowest BCUT2D eigenvalue weighted by Gasteiger charge is -2.08. The second-order valence-corrected chi connectivity index (χ2v) is 2.54. The fourth-order valence-corrected chi connectivity index (χ4v) is 0.683. The third-order valence-corrected chi connectivity index (χ3v) is 1.34. The number of hydrogen-bond acceptors (Lipinski definition) is 5. The first-order chi connectivity index (χ1) is 6.60. The minimum absolute atomic E-state index is 0.373. The first-order valence-electron chi connectivity index (χ1n) is 4.24. The van der Waals surface area contributed by atoms with E-state index in [0.717, 1.165) is 12.2 Å². The van der Waals surface area contributed by atoms with Crippen LogP contribution in [0, 0.1) is 0 Å². The number of esters is 2. The monoisotopic (exact) mass is 202 g/mol. The summed E-state index contributed by atoms with van der Waals surface area (Å²) < 4.78 is 8.76. The van der Waals surface area contributed by atoms with Crippen LogP contribution in [-0.2, 0) is 19.1 Å². The SMILES string of the molecule is CCCC(O)OC(=O)C=CC(=O)OC. The Kier molecular flexibility index (Phi) is 6.39. The summed E-state index contributed by atoms with van der Waals surface area (Å²) in [7, 11) is 1.20. The lowest BCUT2D eigenvalue weighted by atomic mass is 10.3. The van der Waals surface area contributed by atoms with E-state index in [0.29, 0.717) is 12.8 Å². The van der Waals surface area contributed by atoms with Crippen LogP contribution >= 0.6 is 0 Å². The topological polar surface area (TPSA) is 72.8 Å². The molecule has 5 heteroatoms. The summed E-state index contributed by atoms with van der Waals surface area (Å²) in [5.74, 6) is -1.41. The standard InChI is InChI=1S/C9H14O5/c1-3-4-8(11)14-9(12)6-5-7(10)13-2/h5-6,8,11H,3-4H2,1-2H3. The molecule has 1 unspecified atom stereocenters. The van der Waals surface area contributed by atoms with E-state index in [4.69, 9.17) is 5.11 Å². The molecule has 0 aliphatic heterocycles. The Bertz CT molecular complexity index is 221. The Hall–Kier alpha value is -1.36. The fraction of sp³-hybridized carbons (Fsp3) is 0.556. The normalized spacial score (nSPS) is 12.5. The molecular formula is C9H14O5. The molecule has 0 amide bonds. The van der Waals surface area contributed by atoms with Gasteiger partial charge in [-0.25, -0.2) is 9.59 Å². The Balaban J connectivity index is 3.86. The number of hydrogen-bond donors (Lipinski definition) is 1. The Morgan fingerprint density at radius 2 is 1.93 bits per heavy atom. The van der Waals surface area contributed by atoms with Gasteiger partial charge in [0.1, 0.15) is 0 Å². The molecule has 5 nitrogen and oxygen atoms in total. The molecule has 0 fully saturated rings. The third kappa shape index (κ3) is 6.19.